The number of nitrogen functional groups attached to an aromatic ring is 1. The van der Waals surface area contributed by atoms with Gasteiger partial charge in [-0.05, 0) is 48.9 Å². The maximum Gasteiger partial charge on any atom is 0.253 e. The predicted molar refractivity (Wildman–Crippen MR) is 128 cm³/mol. The summed E-state index contributed by atoms with van der Waals surface area (Å²) in [6, 6.07) is 15.1. The molecule has 0 atom stereocenters. The molecule has 8 nitrogen and oxygen atoms in total. The number of methoxy groups -OCH3 is 1. The third-order valence-electron chi connectivity index (χ3n) is 5.68. The van der Waals surface area contributed by atoms with E-state index in [1.807, 2.05) is 71.7 Å². The molecule has 0 unspecified atom stereocenters. The highest BCUT2D eigenvalue weighted by Crippen LogP contribution is 2.33. The molecule has 0 aliphatic rings. The molecule has 3 heterocycles. The number of carbonyl (C=O) groups excluding carboxylic acids is 1. The Morgan fingerprint density at radius 2 is 1.97 bits per heavy atom. The molecule has 0 saturated heterocycles. The summed E-state index contributed by atoms with van der Waals surface area (Å²) in [6.45, 7) is 2.32. The fraction of sp³-hybridized carbons (Fsp3) is 0.160. The summed E-state index contributed by atoms with van der Waals surface area (Å²) in [5.41, 5.74) is 12.0. The third-order valence-corrected chi connectivity index (χ3v) is 5.68. The van der Waals surface area contributed by atoms with Crippen LogP contribution in [0.5, 0.6) is 5.75 Å². The molecule has 0 fully saturated rings. The summed E-state index contributed by atoms with van der Waals surface area (Å²) < 4.78 is 9.34. The first kappa shape index (κ1) is 20.6. The van der Waals surface area contributed by atoms with E-state index in [0.29, 0.717) is 40.4 Å². The SMILES string of the molecule is COc1ccccc1-c1nc2cc(N)cc(C(=O)NCc3cn4ccc(C)cc4n3)c2n1C. The zero-order valence-electron chi connectivity index (χ0n) is 18.7. The van der Waals surface area contributed by atoms with Crippen LogP contribution in [0.25, 0.3) is 28.1 Å². The first-order chi connectivity index (χ1) is 15.9. The predicted octanol–water partition coefficient (Wildman–Crippen LogP) is 3.72. The quantitative estimate of drug-likeness (QED) is 0.406. The van der Waals surface area contributed by atoms with E-state index in [4.69, 9.17) is 15.5 Å². The standard InChI is InChI=1S/C25H24N6O2/c1-15-8-9-31-14-17(28-22(31)10-15)13-27-25(32)19-11-16(26)12-20-23(19)30(2)24(29-20)18-6-4-5-7-21(18)33-3/h4-12,14H,13,26H2,1-3H3,(H,27,32). The van der Waals surface area contributed by atoms with Crippen molar-refractivity contribution in [3.8, 4) is 17.1 Å². The molecule has 0 bridgehead atoms. The maximum absolute atomic E-state index is 13.2. The van der Waals surface area contributed by atoms with Gasteiger partial charge in [-0.1, -0.05) is 12.1 Å². The monoisotopic (exact) mass is 440 g/mol. The van der Waals surface area contributed by atoms with Crippen molar-refractivity contribution in [3.05, 3.63) is 77.7 Å². The van der Waals surface area contributed by atoms with Crippen molar-refractivity contribution in [1.82, 2.24) is 24.3 Å². The van der Waals surface area contributed by atoms with Crippen LogP contribution in [-0.2, 0) is 13.6 Å². The van der Waals surface area contributed by atoms with Gasteiger partial charge in [0.05, 0.1) is 41.5 Å². The molecule has 0 aliphatic carbocycles. The number of aromatic nitrogens is 4. The van der Waals surface area contributed by atoms with Crippen molar-refractivity contribution >= 4 is 28.3 Å². The number of nitrogens with zero attached hydrogens (tertiary/aromatic N) is 4. The Kier molecular flexibility index (Phi) is 4.97. The molecule has 0 saturated carbocycles. The van der Waals surface area contributed by atoms with Crippen molar-refractivity contribution in [3.63, 3.8) is 0 Å². The Hall–Kier alpha value is -4.33. The van der Waals surface area contributed by atoms with Crippen LogP contribution in [0.15, 0.2) is 60.9 Å². The van der Waals surface area contributed by atoms with Gasteiger partial charge >= 0.3 is 0 Å². The largest absolute Gasteiger partial charge is 0.496 e. The summed E-state index contributed by atoms with van der Waals surface area (Å²) in [7, 11) is 3.51. The second-order valence-corrected chi connectivity index (χ2v) is 8.02. The highest BCUT2D eigenvalue weighted by molar-refractivity contribution is 6.07. The summed E-state index contributed by atoms with van der Waals surface area (Å²) >= 11 is 0. The van der Waals surface area contributed by atoms with Gasteiger partial charge in [0.1, 0.15) is 17.2 Å². The fourth-order valence-corrected chi connectivity index (χ4v) is 4.10. The molecule has 0 radical (unpaired) electrons. The number of hydrogen-bond acceptors (Lipinski definition) is 5. The van der Waals surface area contributed by atoms with Gasteiger partial charge < -0.3 is 24.8 Å². The summed E-state index contributed by atoms with van der Waals surface area (Å²) in [6.07, 6.45) is 3.87. The lowest BCUT2D eigenvalue weighted by Gasteiger charge is -2.10. The first-order valence-corrected chi connectivity index (χ1v) is 10.6. The van der Waals surface area contributed by atoms with Gasteiger partial charge in [0, 0.05) is 25.1 Å². The zero-order valence-corrected chi connectivity index (χ0v) is 18.7. The number of para-hydroxylation sites is 1. The third kappa shape index (κ3) is 3.65. The van der Waals surface area contributed by atoms with Gasteiger partial charge in [0.15, 0.2) is 0 Å². The topological polar surface area (TPSA) is 99.5 Å². The molecule has 0 spiro atoms. The number of nitrogens with two attached hydrogens (primary N) is 1. The Morgan fingerprint density at radius 1 is 1.15 bits per heavy atom. The summed E-state index contributed by atoms with van der Waals surface area (Å²) in [4.78, 5) is 22.6. The van der Waals surface area contributed by atoms with Crippen molar-refractivity contribution in [2.75, 3.05) is 12.8 Å². The summed E-state index contributed by atoms with van der Waals surface area (Å²) in [5, 5.41) is 2.97. The number of ether oxygens (including phenoxy) is 1. The molecule has 33 heavy (non-hydrogen) atoms. The van der Waals surface area contributed by atoms with E-state index < -0.39 is 0 Å². The molecule has 5 aromatic rings. The van der Waals surface area contributed by atoms with E-state index in [-0.39, 0.29) is 5.91 Å². The average molecular weight is 441 g/mol. The van der Waals surface area contributed by atoms with Crippen molar-refractivity contribution in [2.24, 2.45) is 7.05 Å². The molecule has 2 aromatic carbocycles. The normalized spacial score (nSPS) is 11.2. The second-order valence-electron chi connectivity index (χ2n) is 8.02. The van der Waals surface area contributed by atoms with Crippen LogP contribution in [0.1, 0.15) is 21.6 Å². The van der Waals surface area contributed by atoms with Crippen LogP contribution in [0, 0.1) is 6.92 Å². The van der Waals surface area contributed by atoms with Crippen LogP contribution < -0.4 is 15.8 Å². The number of rotatable bonds is 5. The minimum atomic E-state index is -0.241. The van der Waals surface area contributed by atoms with Gasteiger partial charge in [-0.25, -0.2) is 9.97 Å². The van der Waals surface area contributed by atoms with Crippen molar-refractivity contribution in [2.45, 2.75) is 13.5 Å². The van der Waals surface area contributed by atoms with Gasteiger partial charge in [-0.3, -0.25) is 4.79 Å². The summed E-state index contributed by atoms with van der Waals surface area (Å²) in [5.74, 6) is 1.16. The number of hydrogen-bond donors (Lipinski definition) is 2. The van der Waals surface area contributed by atoms with E-state index in [1.165, 1.54) is 0 Å². The lowest BCUT2D eigenvalue weighted by atomic mass is 10.1. The fourth-order valence-electron chi connectivity index (χ4n) is 4.10. The Morgan fingerprint density at radius 3 is 2.79 bits per heavy atom. The van der Waals surface area contributed by atoms with Gasteiger partial charge in [0.2, 0.25) is 0 Å². The molecule has 0 aliphatic heterocycles. The van der Waals surface area contributed by atoms with Crippen LogP contribution in [0.2, 0.25) is 0 Å². The lowest BCUT2D eigenvalue weighted by Crippen LogP contribution is -2.23. The minimum Gasteiger partial charge on any atom is -0.496 e. The minimum absolute atomic E-state index is 0.241. The molecule has 8 heteroatoms. The number of fused-ring (bicyclic) bond motifs is 2. The molecule has 5 rings (SSSR count). The van der Waals surface area contributed by atoms with Crippen LogP contribution in [0.3, 0.4) is 0 Å². The number of amides is 1. The molecule has 3 N–H and O–H groups in total. The Balaban J connectivity index is 1.50. The van der Waals surface area contributed by atoms with Gasteiger partial charge in [0.25, 0.3) is 5.91 Å². The molecule has 166 valence electrons. The van der Waals surface area contributed by atoms with E-state index in [1.54, 1.807) is 19.2 Å². The smallest absolute Gasteiger partial charge is 0.253 e. The Labute approximate surface area is 190 Å². The van der Waals surface area contributed by atoms with E-state index in [0.717, 1.165) is 22.5 Å². The van der Waals surface area contributed by atoms with Crippen LogP contribution >= 0.6 is 0 Å². The number of nitrogens with one attached hydrogen (secondary N) is 1. The number of imidazole rings is 2. The van der Waals surface area contributed by atoms with Crippen LogP contribution in [0.4, 0.5) is 5.69 Å². The number of aryl methyl sites for hydroxylation is 2. The molecule has 1 amide bonds. The Bertz CT molecular complexity index is 1510. The number of pyridine rings is 1. The first-order valence-electron chi connectivity index (χ1n) is 10.6. The maximum atomic E-state index is 13.2. The molecule has 3 aromatic heterocycles. The van der Waals surface area contributed by atoms with Gasteiger partial charge in [-0.2, -0.15) is 0 Å². The number of anilines is 1. The zero-order chi connectivity index (χ0) is 23.1. The number of carbonyl (C=O) groups is 1. The average Bonchev–Trinajstić information content (AvgIpc) is 3.36. The van der Waals surface area contributed by atoms with Gasteiger partial charge in [-0.15, -0.1) is 0 Å². The lowest BCUT2D eigenvalue weighted by molar-refractivity contribution is 0.0952. The highest BCUT2D eigenvalue weighted by Gasteiger charge is 2.20. The molecular weight excluding hydrogens is 416 g/mol. The number of benzene rings is 2. The van der Waals surface area contributed by atoms with E-state index in [9.17, 15) is 4.79 Å². The van der Waals surface area contributed by atoms with Crippen molar-refractivity contribution < 1.29 is 9.53 Å². The van der Waals surface area contributed by atoms with E-state index in [2.05, 4.69) is 10.3 Å². The van der Waals surface area contributed by atoms with Crippen LogP contribution in [-0.4, -0.2) is 32.0 Å². The molecular formula is C25H24N6O2. The van der Waals surface area contributed by atoms with E-state index >= 15 is 0 Å². The highest BCUT2D eigenvalue weighted by atomic mass is 16.5. The van der Waals surface area contributed by atoms with Crippen molar-refractivity contribution in [1.29, 1.82) is 0 Å². The second kappa shape index (κ2) is 7.98.